The van der Waals surface area contributed by atoms with E-state index < -0.39 is 0 Å². The number of pyridine rings is 1. The number of hydrogen-bond donors (Lipinski definition) is 2. The first-order valence-corrected chi connectivity index (χ1v) is 8.19. The lowest BCUT2D eigenvalue weighted by molar-refractivity contribution is 0.762. The molecule has 2 heterocycles. The van der Waals surface area contributed by atoms with Crippen molar-refractivity contribution in [2.75, 3.05) is 13.1 Å². The van der Waals surface area contributed by atoms with Crippen LogP contribution in [0, 0.1) is 0 Å². The number of rotatable bonds is 7. The monoisotopic (exact) mass is 450 g/mol. The minimum atomic E-state index is 0. The van der Waals surface area contributed by atoms with Gasteiger partial charge in [0.2, 0.25) is 0 Å². The molecular weight excluding hydrogens is 427 g/mol. The first-order chi connectivity index (χ1) is 11.8. The lowest BCUT2D eigenvalue weighted by atomic mass is 10.1. The quantitative estimate of drug-likeness (QED) is 0.251. The Morgan fingerprint density at radius 1 is 1.04 bits per heavy atom. The predicted molar refractivity (Wildman–Crippen MR) is 111 cm³/mol. The van der Waals surface area contributed by atoms with E-state index in [9.17, 15) is 0 Å². The van der Waals surface area contributed by atoms with Gasteiger partial charge >= 0.3 is 0 Å². The molecule has 0 saturated carbocycles. The highest BCUT2D eigenvalue weighted by Crippen LogP contribution is 2.05. The summed E-state index contributed by atoms with van der Waals surface area (Å²) in [6.45, 7) is 1.46. The number of nitrogens with one attached hydrogen (secondary N) is 1. The summed E-state index contributed by atoms with van der Waals surface area (Å²) in [6, 6.07) is 16.2. The second kappa shape index (κ2) is 9.97. The van der Waals surface area contributed by atoms with E-state index in [1.54, 1.807) is 0 Å². The Labute approximate surface area is 164 Å². The van der Waals surface area contributed by atoms with E-state index in [1.165, 1.54) is 5.56 Å². The number of fused-ring (bicyclic) bond motifs is 1. The van der Waals surface area contributed by atoms with E-state index in [1.807, 2.05) is 47.0 Å². The molecule has 0 aliphatic carbocycles. The molecule has 1 aromatic carbocycles. The second-order valence-electron chi connectivity index (χ2n) is 5.58. The van der Waals surface area contributed by atoms with Crippen LogP contribution in [-0.4, -0.2) is 33.6 Å². The number of aliphatic imine (C=N–C) groups is 1. The summed E-state index contributed by atoms with van der Waals surface area (Å²) in [7, 11) is 0. The Bertz CT molecular complexity index is 799. The standard InChI is InChI=1S/C18H22N6.HI/c19-18(21-13-11-15-7-2-1-3-8-15)20-12-6-10-17-23-22-16-9-4-5-14-24(16)17;/h1-5,7-9,14H,6,10-13H2,(H3,19,20,21);1H. The third-order valence-corrected chi connectivity index (χ3v) is 3.79. The minimum absolute atomic E-state index is 0. The Morgan fingerprint density at radius 2 is 1.84 bits per heavy atom. The number of nitrogens with zero attached hydrogens (tertiary/aromatic N) is 4. The topological polar surface area (TPSA) is 80.6 Å². The van der Waals surface area contributed by atoms with Crippen molar-refractivity contribution in [2.45, 2.75) is 19.3 Å². The zero-order valence-corrected chi connectivity index (χ0v) is 16.3. The van der Waals surface area contributed by atoms with Gasteiger partial charge < -0.3 is 11.1 Å². The van der Waals surface area contributed by atoms with E-state index in [-0.39, 0.29) is 24.0 Å². The molecule has 0 amide bonds. The first-order valence-electron chi connectivity index (χ1n) is 8.19. The van der Waals surface area contributed by atoms with Gasteiger partial charge in [-0.1, -0.05) is 36.4 Å². The molecule has 0 aliphatic rings. The average molecular weight is 450 g/mol. The lowest BCUT2D eigenvalue weighted by Crippen LogP contribution is -2.33. The Kier molecular flexibility index (Phi) is 7.65. The van der Waals surface area contributed by atoms with E-state index in [0.29, 0.717) is 12.5 Å². The predicted octanol–water partition coefficient (Wildman–Crippen LogP) is 2.43. The first kappa shape index (κ1) is 19.2. The fourth-order valence-electron chi connectivity index (χ4n) is 2.53. The third-order valence-electron chi connectivity index (χ3n) is 3.79. The number of hydrogen-bond acceptors (Lipinski definition) is 3. The van der Waals surface area contributed by atoms with Gasteiger partial charge in [-0.2, -0.15) is 0 Å². The van der Waals surface area contributed by atoms with Gasteiger partial charge in [-0.05, 0) is 30.5 Å². The van der Waals surface area contributed by atoms with Gasteiger partial charge in [0.05, 0.1) is 0 Å². The van der Waals surface area contributed by atoms with Crippen molar-refractivity contribution in [1.82, 2.24) is 19.9 Å². The molecule has 0 bridgehead atoms. The summed E-state index contributed by atoms with van der Waals surface area (Å²) in [5, 5.41) is 11.5. The molecule has 0 aliphatic heterocycles. The SMILES string of the molecule is I.NC(=NCCCc1nnc2ccccn12)NCCc1ccccc1. The average Bonchev–Trinajstić information content (AvgIpc) is 3.03. The Balaban J connectivity index is 0.00000225. The van der Waals surface area contributed by atoms with Crippen LogP contribution in [0.5, 0.6) is 0 Å². The van der Waals surface area contributed by atoms with Crippen molar-refractivity contribution in [1.29, 1.82) is 0 Å². The van der Waals surface area contributed by atoms with Gasteiger partial charge in [0.15, 0.2) is 11.6 Å². The van der Waals surface area contributed by atoms with Crippen LogP contribution >= 0.6 is 24.0 Å². The minimum Gasteiger partial charge on any atom is -0.370 e. The number of aromatic nitrogens is 3. The van der Waals surface area contributed by atoms with Crippen molar-refractivity contribution in [2.24, 2.45) is 10.7 Å². The molecule has 3 aromatic rings. The van der Waals surface area contributed by atoms with Crippen LogP contribution < -0.4 is 11.1 Å². The third kappa shape index (κ3) is 5.70. The molecule has 0 unspecified atom stereocenters. The zero-order chi connectivity index (χ0) is 16.6. The summed E-state index contributed by atoms with van der Waals surface area (Å²) in [5.74, 6) is 1.45. The summed E-state index contributed by atoms with van der Waals surface area (Å²) < 4.78 is 2.01. The van der Waals surface area contributed by atoms with Crippen LogP contribution in [-0.2, 0) is 12.8 Å². The van der Waals surface area contributed by atoms with Gasteiger partial charge in [-0.3, -0.25) is 9.39 Å². The van der Waals surface area contributed by atoms with E-state index >= 15 is 0 Å². The maximum Gasteiger partial charge on any atom is 0.188 e. The lowest BCUT2D eigenvalue weighted by Gasteiger charge is -2.05. The van der Waals surface area contributed by atoms with Crippen LogP contribution in [0.1, 0.15) is 17.8 Å². The van der Waals surface area contributed by atoms with Gasteiger partial charge in [0.25, 0.3) is 0 Å². The molecule has 6 nitrogen and oxygen atoms in total. The van der Waals surface area contributed by atoms with Gasteiger partial charge in [-0.25, -0.2) is 0 Å². The van der Waals surface area contributed by atoms with Crippen molar-refractivity contribution in [3.63, 3.8) is 0 Å². The summed E-state index contributed by atoms with van der Waals surface area (Å²) in [5.41, 5.74) is 8.06. The molecule has 132 valence electrons. The summed E-state index contributed by atoms with van der Waals surface area (Å²) >= 11 is 0. The van der Waals surface area contributed by atoms with Crippen LogP contribution in [0.2, 0.25) is 0 Å². The van der Waals surface area contributed by atoms with Gasteiger partial charge in [-0.15, -0.1) is 34.2 Å². The molecule has 0 radical (unpaired) electrons. The maximum absolute atomic E-state index is 5.89. The largest absolute Gasteiger partial charge is 0.370 e. The zero-order valence-electron chi connectivity index (χ0n) is 14.0. The van der Waals surface area contributed by atoms with Crippen LogP contribution in [0.3, 0.4) is 0 Å². The normalized spacial score (nSPS) is 11.3. The maximum atomic E-state index is 5.89. The molecule has 7 heteroatoms. The molecule has 3 N–H and O–H groups in total. The van der Waals surface area contributed by atoms with E-state index in [0.717, 1.165) is 37.3 Å². The number of guanidine groups is 1. The molecule has 25 heavy (non-hydrogen) atoms. The smallest absolute Gasteiger partial charge is 0.188 e. The van der Waals surface area contributed by atoms with Crippen LogP contribution in [0.4, 0.5) is 0 Å². The second-order valence-corrected chi connectivity index (χ2v) is 5.58. The molecule has 0 spiro atoms. The molecule has 0 atom stereocenters. The number of halogens is 1. The van der Waals surface area contributed by atoms with Crippen LogP contribution in [0.15, 0.2) is 59.7 Å². The van der Waals surface area contributed by atoms with Crippen molar-refractivity contribution >= 4 is 35.6 Å². The molecule has 0 fully saturated rings. The molecular formula is C18H23IN6. The Morgan fingerprint density at radius 3 is 2.68 bits per heavy atom. The highest BCUT2D eigenvalue weighted by atomic mass is 127. The number of benzene rings is 1. The fraction of sp³-hybridized carbons (Fsp3) is 0.278. The summed E-state index contributed by atoms with van der Waals surface area (Å²) in [4.78, 5) is 4.36. The number of aryl methyl sites for hydroxylation is 1. The number of nitrogens with two attached hydrogens (primary N) is 1. The summed E-state index contributed by atoms with van der Waals surface area (Å²) in [6.07, 6.45) is 4.62. The highest BCUT2D eigenvalue weighted by Gasteiger charge is 2.03. The van der Waals surface area contributed by atoms with E-state index in [4.69, 9.17) is 5.73 Å². The van der Waals surface area contributed by atoms with Crippen LogP contribution in [0.25, 0.3) is 5.65 Å². The Hall–Kier alpha value is -2.16. The van der Waals surface area contributed by atoms with E-state index in [2.05, 4.69) is 32.6 Å². The molecule has 2 aromatic heterocycles. The van der Waals surface area contributed by atoms with Gasteiger partial charge in [0, 0.05) is 25.7 Å². The van der Waals surface area contributed by atoms with Crippen molar-refractivity contribution in [3.05, 3.63) is 66.1 Å². The van der Waals surface area contributed by atoms with Crippen molar-refractivity contribution in [3.8, 4) is 0 Å². The molecule has 0 saturated heterocycles. The molecule has 3 rings (SSSR count). The van der Waals surface area contributed by atoms with Crippen molar-refractivity contribution < 1.29 is 0 Å². The highest BCUT2D eigenvalue weighted by molar-refractivity contribution is 14.0. The fourth-order valence-corrected chi connectivity index (χ4v) is 2.53. The van der Waals surface area contributed by atoms with Gasteiger partial charge in [0.1, 0.15) is 5.82 Å².